The Kier molecular flexibility index (Phi) is 8.12. The molecule has 0 radical (unpaired) electrons. The summed E-state index contributed by atoms with van der Waals surface area (Å²) in [7, 11) is 0. The van der Waals surface area contributed by atoms with Crippen LogP contribution in [0, 0.1) is 29.6 Å². The standard InChI is InChI=1S/C20H32N4O2.HI/c1-4-13(5-2)12-23-20(21-6-3)22-9-10-24-18(25)16-14-7-8-15(11-14)17(16)19(24)26;/h7-8,13-17H,4-6,9-12H2,1-3H3,(H2,21,22,23);1H. The minimum atomic E-state index is -0.103. The summed E-state index contributed by atoms with van der Waals surface area (Å²) >= 11 is 0. The van der Waals surface area contributed by atoms with Gasteiger partial charge in [0.2, 0.25) is 11.8 Å². The van der Waals surface area contributed by atoms with Crippen molar-refractivity contribution in [2.24, 2.45) is 34.6 Å². The quantitative estimate of drug-likeness (QED) is 0.181. The molecule has 2 aliphatic carbocycles. The van der Waals surface area contributed by atoms with Gasteiger partial charge in [0.1, 0.15) is 0 Å². The van der Waals surface area contributed by atoms with Crippen LogP contribution in [-0.2, 0) is 9.59 Å². The second kappa shape index (κ2) is 9.89. The van der Waals surface area contributed by atoms with E-state index < -0.39 is 0 Å². The molecule has 2 amide bonds. The monoisotopic (exact) mass is 488 g/mol. The molecule has 1 saturated carbocycles. The zero-order chi connectivity index (χ0) is 18.7. The number of guanidine groups is 1. The first-order valence-corrected chi connectivity index (χ1v) is 10.2. The van der Waals surface area contributed by atoms with Crippen LogP contribution in [-0.4, -0.2) is 48.9 Å². The maximum Gasteiger partial charge on any atom is 0.233 e. The number of fused-ring (bicyclic) bond motifs is 5. The SMILES string of the molecule is CCNC(=NCC(CC)CC)NCCN1C(=O)C2C3C=CC(C3)C2C1=O.I. The van der Waals surface area contributed by atoms with Gasteiger partial charge in [0.15, 0.2) is 5.96 Å². The van der Waals surface area contributed by atoms with Gasteiger partial charge in [0, 0.05) is 26.2 Å². The van der Waals surface area contributed by atoms with E-state index >= 15 is 0 Å². The van der Waals surface area contributed by atoms with Crippen molar-refractivity contribution < 1.29 is 9.59 Å². The van der Waals surface area contributed by atoms with Gasteiger partial charge >= 0.3 is 0 Å². The van der Waals surface area contributed by atoms with Gasteiger partial charge in [0.05, 0.1) is 11.8 Å². The molecular formula is C20H33IN4O2. The smallest absolute Gasteiger partial charge is 0.233 e. The molecule has 7 heteroatoms. The van der Waals surface area contributed by atoms with Crippen LogP contribution in [0.3, 0.4) is 0 Å². The average Bonchev–Trinajstić information content (AvgIpc) is 3.31. The number of nitrogens with zero attached hydrogens (tertiary/aromatic N) is 2. The Labute approximate surface area is 179 Å². The van der Waals surface area contributed by atoms with E-state index in [0.29, 0.717) is 19.0 Å². The van der Waals surface area contributed by atoms with Gasteiger partial charge in [0.25, 0.3) is 0 Å². The predicted octanol–water partition coefficient (Wildman–Crippen LogP) is 2.40. The van der Waals surface area contributed by atoms with Crippen molar-refractivity contribution >= 4 is 41.8 Å². The molecule has 27 heavy (non-hydrogen) atoms. The van der Waals surface area contributed by atoms with E-state index in [0.717, 1.165) is 38.3 Å². The Morgan fingerprint density at radius 2 is 1.70 bits per heavy atom. The van der Waals surface area contributed by atoms with Crippen LogP contribution in [0.25, 0.3) is 0 Å². The van der Waals surface area contributed by atoms with Crippen LogP contribution >= 0.6 is 24.0 Å². The van der Waals surface area contributed by atoms with Gasteiger partial charge in [-0.2, -0.15) is 0 Å². The molecule has 4 atom stereocenters. The van der Waals surface area contributed by atoms with Gasteiger partial charge in [-0.3, -0.25) is 19.5 Å². The largest absolute Gasteiger partial charge is 0.357 e. The number of hydrogen-bond acceptors (Lipinski definition) is 3. The summed E-state index contributed by atoms with van der Waals surface area (Å²) in [6, 6.07) is 0. The zero-order valence-electron chi connectivity index (χ0n) is 16.6. The molecule has 3 aliphatic rings. The first-order chi connectivity index (χ1) is 12.6. The van der Waals surface area contributed by atoms with Crippen molar-refractivity contribution in [3.8, 4) is 0 Å². The molecule has 0 spiro atoms. The molecule has 4 unspecified atom stereocenters. The fourth-order valence-corrected chi connectivity index (χ4v) is 4.58. The second-order valence-corrected chi connectivity index (χ2v) is 7.66. The molecular weight excluding hydrogens is 455 g/mol. The molecule has 1 heterocycles. The number of nitrogens with one attached hydrogen (secondary N) is 2. The number of allylic oxidation sites excluding steroid dienone is 2. The van der Waals surface area contributed by atoms with Crippen LogP contribution in [0.5, 0.6) is 0 Å². The number of carbonyl (C=O) groups is 2. The Bertz CT molecular complexity index is 573. The highest BCUT2D eigenvalue weighted by Crippen LogP contribution is 2.52. The van der Waals surface area contributed by atoms with E-state index in [9.17, 15) is 9.59 Å². The number of aliphatic imine (C=N–C) groups is 1. The van der Waals surface area contributed by atoms with Crippen molar-refractivity contribution in [1.29, 1.82) is 0 Å². The number of hydrogen-bond donors (Lipinski definition) is 2. The first-order valence-electron chi connectivity index (χ1n) is 10.2. The second-order valence-electron chi connectivity index (χ2n) is 7.66. The van der Waals surface area contributed by atoms with Crippen LogP contribution in [0.1, 0.15) is 40.0 Å². The maximum absolute atomic E-state index is 12.7. The average molecular weight is 488 g/mol. The molecule has 2 bridgehead atoms. The lowest BCUT2D eigenvalue weighted by molar-refractivity contribution is -0.140. The summed E-state index contributed by atoms with van der Waals surface area (Å²) < 4.78 is 0. The molecule has 0 aromatic rings. The molecule has 0 aromatic heterocycles. The maximum atomic E-state index is 12.7. The third-order valence-corrected chi connectivity index (χ3v) is 6.20. The lowest BCUT2D eigenvalue weighted by atomic mass is 9.85. The minimum absolute atomic E-state index is 0. The molecule has 0 aromatic carbocycles. The summed E-state index contributed by atoms with van der Waals surface area (Å²) in [5.41, 5.74) is 0. The topological polar surface area (TPSA) is 73.8 Å². The van der Waals surface area contributed by atoms with Gasteiger partial charge in [-0.1, -0.05) is 38.8 Å². The highest BCUT2D eigenvalue weighted by atomic mass is 127. The van der Waals surface area contributed by atoms with Crippen LogP contribution in [0.2, 0.25) is 0 Å². The number of rotatable bonds is 8. The van der Waals surface area contributed by atoms with Crippen molar-refractivity contribution in [2.45, 2.75) is 40.0 Å². The molecule has 3 rings (SSSR count). The fraction of sp³-hybridized carbons (Fsp3) is 0.750. The van der Waals surface area contributed by atoms with Gasteiger partial charge < -0.3 is 10.6 Å². The van der Waals surface area contributed by atoms with Crippen molar-refractivity contribution in [1.82, 2.24) is 15.5 Å². The Morgan fingerprint density at radius 3 is 2.22 bits per heavy atom. The number of halogens is 1. The van der Waals surface area contributed by atoms with E-state index in [1.54, 1.807) is 0 Å². The Morgan fingerprint density at radius 1 is 1.11 bits per heavy atom. The van der Waals surface area contributed by atoms with E-state index in [-0.39, 0.29) is 59.5 Å². The van der Waals surface area contributed by atoms with Crippen molar-refractivity contribution in [3.05, 3.63) is 12.2 Å². The third-order valence-electron chi connectivity index (χ3n) is 6.20. The van der Waals surface area contributed by atoms with Crippen molar-refractivity contribution in [3.63, 3.8) is 0 Å². The van der Waals surface area contributed by atoms with E-state index in [2.05, 4.69) is 41.6 Å². The van der Waals surface area contributed by atoms with E-state index in [4.69, 9.17) is 0 Å². The van der Waals surface area contributed by atoms with Crippen LogP contribution in [0.15, 0.2) is 17.1 Å². The van der Waals surface area contributed by atoms with E-state index in [1.807, 2.05) is 6.92 Å². The van der Waals surface area contributed by atoms with E-state index in [1.165, 1.54) is 4.90 Å². The van der Waals surface area contributed by atoms with Crippen LogP contribution in [0.4, 0.5) is 0 Å². The number of carbonyl (C=O) groups excluding carboxylic acids is 2. The lowest BCUT2D eigenvalue weighted by Crippen LogP contribution is -2.43. The summed E-state index contributed by atoms with van der Waals surface area (Å²) in [5.74, 6) is 1.75. The van der Waals surface area contributed by atoms with Gasteiger partial charge in [-0.05, 0) is 31.1 Å². The molecule has 6 nitrogen and oxygen atoms in total. The first kappa shape index (κ1) is 22.2. The highest BCUT2D eigenvalue weighted by Gasteiger charge is 2.58. The number of likely N-dealkylation sites (tertiary alicyclic amines) is 1. The summed E-state index contributed by atoms with van der Waals surface area (Å²) in [6.45, 7) is 8.94. The molecule has 152 valence electrons. The number of amides is 2. The fourth-order valence-electron chi connectivity index (χ4n) is 4.58. The molecule has 2 N–H and O–H groups in total. The molecule has 2 fully saturated rings. The lowest BCUT2D eigenvalue weighted by Gasteiger charge is -2.19. The normalized spacial score (nSPS) is 28.7. The van der Waals surface area contributed by atoms with Gasteiger partial charge in [-0.15, -0.1) is 24.0 Å². The zero-order valence-corrected chi connectivity index (χ0v) is 18.9. The molecule has 1 aliphatic heterocycles. The summed E-state index contributed by atoms with van der Waals surface area (Å²) in [5, 5.41) is 6.51. The minimum Gasteiger partial charge on any atom is -0.357 e. The Hall–Kier alpha value is -1.12. The van der Waals surface area contributed by atoms with Crippen molar-refractivity contribution in [2.75, 3.05) is 26.2 Å². The highest BCUT2D eigenvalue weighted by molar-refractivity contribution is 14.0. The van der Waals surface area contributed by atoms with Gasteiger partial charge in [-0.25, -0.2) is 0 Å². The Balaban J connectivity index is 0.00000261. The van der Waals surface area contributed by atoms with Crippen LogP contribution < -0.4 is 10.6 Å². The molecule has 1 saturated heterocycles. The summed E-state index contributed by atoms with van der Waals surface area (Å²) in [4.78, 5) is 31.5. The number of imide groups is 1. The predicted molar refractivity (Wildman–Crippen MR) is 118 cm³/mol. The third kappa shape index (κ3) is 4.49. The summed E-state index contributed by atoms with van der Waals surface area (Å²) in [6.07, 6.45) is 7.48.